The minimum absolute atomic E-state index is 0.225. The highest BCUT2D eigenvalue weighted by atomic mass is 31.2. The minimum Gasteiger partial charge on any atom is -0.464 e. The maximum absolute atomic E-state index is 17.7. The zero-order valence-electron chi connectivity index (χ0n) is 40.3. The second kappa shape index (κ2) is 21.4. The van der Waals surface area contributed by atoms with Crippen molar-refractivity contribution in [1.29, 1.82) is 0 Å². The number of ether oxygens (including phenoxy) is 4. The summed E-state index contributed by atoms with van der Waals surface area (Å²) in [6.07, 6.45) is -66.3. The molecule has 0 radical (unpaired) electrons. The normalized spacial score (nSPS) is 20.9. The molecule has 32 heteroatoms. The van der Waals surface area contributed by atoms with E-state index in [2.05, 4.69) is 0 Å². The Balaban J connectivity index is 1.80. The molecular weight excluding hydrogens is 1230 g/mol. The van der Waals surface area contributed by atoms with Gasteiger partial charge >= 0.3 is 49.4 Å². The molecule has 2 aliphatic heterocycles. The van der Waals surface area contributed by atoms with Crippen LogP contribution in [0, 0.1) is 0 Å². The van der Waals surface area contributed by atoms with Crippen LogP contribution in [-0.2, 0) is 72.8 Å². The van der Waals surface area contributed by atoms with Crippen molar-refractivity contribution in [2.24, 2.45) is 0 Å². The second-order valence-corrected chi connectivity index (χ2v) is 23.9. The van der Waals surface area contributed by atoms with Crippen molar-refractivity contribution in [2.75, 3.05) is 6.61 Å². The van der Waals surface area contributed by atoms with E-state index in [0.29, 0.717) is 12.1 Å². The van der Waals surface area contributed by atoms with Crippen LogP contribution in [-0.4, -0.2) is 36.4 Å². The Labute approximate surface area is 449 Å². The zero-order chi connectivity index (χ0) is 61.6. The van der Waals surface area contributed by atoms with E-state index in [1.165, 1.54) is 6.07 Å². The molecule has 0 bridgehead atoms. The minimum atomic E-state index is -8.55. The summed E-state index contributed by atoms with van der Waals surface area (Å²) >= 11 is 0. The summed E-state index contributed by atoms with van der Waals surface area (Å²) in [6.45, 7) is -1.51. The Morgan fingerprint density at radius 3 is 0.916 bits per heavy atom. The van der Waals surface area contributed by atoms with E-state index in [9.17, 15) is 0 Å². The number of hydrogen-bond acceptors (Lipinski definition) is 6. The molecule has 6 atom stereocenters. The van der Waals surface area contributed by atoms with Crippen molar-refractivity contribution in [3.05, 3.63) is 184 Å². The van der Waals surface area contributed by atoms with Crippen molar-refractivity contribution in [3.8, 4) is 5.75 Å². The summed E-state index contributed by atoms with van der Waals surface area (Å²) in [4.78, 5) is 0. The topological polar surface area (TPSA) is 71.1 Å². The first-order chi connectivity index (χ1) is 38.0. The van der Waals surface area contributed by atoms with Gasteiger partial charge in [-0.05, 0) is 60.7 Å². The number of para-hydroxylation sites is 1. The predicted molar refractivity (Wildman–Crippen MR) is 243 cm³/mol. The first-order valence-corrected chi connectivity index (χ1v) is 26.6. The average Bonchev–Trinajstić information content (AvgIpc) is 0.725. The molecule has 2 fully saturated rings. The Hall–Kier alpha value is -6.22. The van der Waals surface area contributed by atoms with Crippen LogP contribution in [0.2, 0.25) is 0 Å². The van der Waals surface area contributed by atoms with Crippen LogP contribution < -0.4 is 26.0 Å². The summed E-state index contributed by atoms with van der Waals surface area (Å²) in [5, 5.41) is -13.4. The van der Waals surface area contributed by atoms with Crippen LogP contribution in [0.3, 0.4) is 0 Å². The van der Waals surface area contributed by atoms with Crippen molar-refractivity contribution in [1.82, 2.24) is 0 Å². The highest BCUT2D eigenvalue weighted by Gasteiger charge is 2.70. The molecule has 0 N–H and O–H groups in total. The second-order valence-electron chi connectivity index (χ2n) is 18.2. The summed E-state index contributed by atoms with van der Waals surface area (Å²) in [6, 6.07) is 3.86. The Morgan fingerprint density at radius 2 is 0.627 bits per heavy atom. The lowest BCUT2D eigenvalue weighted by atomic mass is 10.0. The van der Waals surface area contributed by atoms with Crippen LogP contribution in [0.1, 0.15) is 56.4 Å². The third-order valence-electron chi connectivity index (χ3n) is 13.2. The Kier molecular flexibility index (Phi) is 16.2. The van der Waals surface area contributed by atoms with E-state index < -0.39 is 232 Å². The fourth-order valence-electron chi connectivity index (χ4n) is 10.2. The molecule has 0 spiro atoms. The van der Waals surface area contributed by atoms with E-state index in [-0.39, 0.29) is 24.3 Å². The van der Waals surface area contributed by atoms with Crippen LogP contribution in [0.4, 0.5) is 105 Å². The van der Waals surface area contributed by atoms with Gasteiger partial charge in [0, 0.05) is 26.8 Å². The molecule has 6 aromatic rings. The zero-order valence-corrected chi connectivity index (χ0v) is 42.1. The first kappa shape index (κ1) is 62.8. The average molecular weight is 1260 g/mol. The molecule has 6 aromatic carbocycles. The van der Waals surface area contributed by atoms with Gasteiger partial charge in [-0.25, -0.2) is 0 Å². The van der Waals surface area contributed by atoms with Crippen molar-refractivity contribution in [2.45, 2.75) is 85.5 Å². The van der Waals surface area contributed by atoms with Crippen molar-refractivity contribution >= 4 is 35.5 Å². The molecule has 0 aliphatic carbocycles. The fourth-order valence-corrected chi connectivity index (χ4v) is 19.7. The maximum atomic E-state index is 17.7. The van der Waals surface area contributed by atoms with Crippen LogP contribution >= 0.6 is 14.3 Å². The summed E-state index contributed by atoms with van der Waals surface area (Å²) < 4.78 is 439. The van der Waals surface area contributed by atoms with Gasteiger partial charge in [-0.2, -0.15) is 105 Å². The Morgan fingerprint density at radius 1 is 0.349 bits per heavy atom. The highest BCUT2D eigenvalue weighted by molar-refractivity contribution is 7.83. The quantitative estimate of drug-likeness (QED) is 0.106. The summed E-state index contributed by atoms with van der Waals surface area (Å²) in [5.74, 6) is -1.06. The number of fused-ring (bicyclic) bond motifs is 1. The van der Waals surface area contributed by atoms with Gasteiger partial charge < -0.3 is 28.1 Å². The van der Waals surface area contributed by atoms with Crippen LogP contribution in [0.5, 0.6) is 5.75 Å². The molecule has 83 heavy (non-hydrogen) atoms. The van der Waals surface area contributed by atoms with E-state index >= 15 is 115 Å². The molecule has 0 amide bonds. The lowest BCUT2D eigenvalue weighted by molar-refractivity contribution is -0.303. The molecule has 2 saturated heterocycles. The van der Waals surface area contributed by atoms with Gasteiger partial charge in [0.25, 0.3) is 0 Å². The molecule has 2 heterocycles. The van der Waals surface area contributed by atoms with Crippen LogP contribution in [0.15, 0.2) is 133 Å². The smallest absolute Gasteiger partial charge is 0.417 e. The number of rotatable bonds is 9. The number of halogens is 24. The van der Waals surface area contributed by atoms with Gasteiger partial charge in [0.05, 0.1) is 62.4 Å². The monoisotopic (exact) mass is 1260 g/mol. The van der Waals surface area contributed by atoms with Gasteiger partial charge in [-0.1, -0.05) is 72.8 Å². The van der Waals surface area contributed by atoms with Crippen LogP contribution in [0.25, 0.3) is 0 Å². The largest absolute Gasteiger partial charge is 0.464 e. The molecular formula is C51H30F24O6P2. The standard InChI is InChI=1S/C51H30F24O6P2/c52-44(53,54)26-15-7-16-27(45(55,56)57)36(26)82(76,37-28(46(58,59)60)17-8-18-29(37)47(61,62)63)40-35-34(23-78-42(81-35)24-11-3-1-4-12-24)80-43(79-25-13-5-2-6-14-25)41(40)83(77,38-30(48(64,65)66)19-9-20-31(38)49(67,68)69)39-32(50(70,71)72)21-10-22-33(39)51(73,74)75/h1-22,34-35,40-43H,23H2/t34-,35-,40+,41-,42-,43-/m1/s1. The number of alkyl halides is 24. The number of benzene rings is 6. The van der Waals surface area contributed by atoms with Crippen molar-refractivity contribution < 1.29 is 133 Å². The lowest BCUT2D eigenvalue weighted by Crippen LogP contribution is -2.66. The molecule has 0 unspecified atom stereocenters. The van der Waals surface area contributed by atoms with Gasteiger partial charge in [0.15, 0.2) is 20.6 Å². The fraction of sp³-hybridized carbons (Fsp3) is 0.294. The lowest BCUT2D eigenvalue weighted by Gasteiger charge is -2.54. The van der Waals surface area contributed by atoms with Gasteiger partial charge in [0.2, 0.25) is 6.29 Å². The predicted octanol–water partition coefficient (Wildman–Crippen LogP) is 15.8. The molecule has 2 aliphatic rings. The van der Waals surface area contributed by atoms with Gasteiger partial charge in [-0.3, -0.25) is 0 Å². The summed E-state index contributed by atoms with van der Waals surface area (Å²) in [5.41, 5.74) is -35.3. The van der Waals surface area contributed by atoms with Crippen molar-refractivity contribution in [3.63, 3.8) is 0 Å². The molecule has 8 rings (SSSR count). The molecule has 0 aromatic heterocycles. The maximum Gasteiger partial charge on any atom is 0.417 e. The van der Waals surface area contributed by atoms with E-state index in [0.717, 1.165) is 42.5 Å². The van der Waals surface area contributed by atoms with Gasteiger partial charge in [-0.15, -0.1) is 0 Å². The molecule has 6 nitrogen and oxygen atoms in total. The first-order valence-electron chi connectivity index (χ1n) is 23.0. The SMILES string of the molecule is O=P(c1c(C(F)(F)F)cccc1C(F)(F)F)(c1c(C(F)(F)F)cccc1C(F)(F)F)[C@H]1[C@H](Oc2ccccc2)O[C@@H]2CO[C@@H](c3ccccc3)O[C@H]2[C@@H]1P(=O)(c1c(C(F)(F)F)cccc1C(F)(F)F)c1c(C(F)(F)F)cccc1C(F)(F)F. The third-order valence-corrected chi connectivity index (χ3v) is 20.8. The third kappa shape index (κ3) is 11.8. The van der Waals surface area contributed by atoms with E-state index in [1.807, 2.05) is 0 Å². The summed E-state index contributed by atoms with van der Waals surface area (Å²) in [7, 11) is -17.1. The number of hydrogen-bond donors (Lipinski definition) is 0. The van der Waals surface area contributed by atoms with E-state index in [1.54, 1.807) is 0 Å². The van der Waals surface area contributed by atoms with E-state index in [4.69, 9.17) is 18.9 Å². The molecule has 448 valence electrons. The Bertz CT molecular complexity index is 3170. The highest BCUT2D eigenvalue weighted by Crippen LogP contribution is 2.70. The molecule has 0 saturated carbocycles. The van der Waals surface area contributed by atoms with Gasteiger partial charge in [0.1, 0.15) is 18.0 Å².